The average molecular weight is 326 g/mol. The van der Waals surface area contributed by atoms with Gasteiger partial charge in [0.25, 0.3) is 0 Å². The number of fused-ring (bicyclic) bond motifs is 1. The van der Waals surface area contributed by atoms with E-state index in [-0.39, 0.29) is 0 Å². The molecule has 2 aliphatic heterocycles. The van der Waals surface area contributed by atoms with Gasteiger partial charge in [0.1, 0.15) is 0 Å². The van der Waals surface area contributed by atoms with Gasteiger partial charge in [0.2, 0.25) is 5.95 Å². The molecule has 2 fully saturated rings. The van der Waals surface area contributed by atoms with Gasteiger partial charge in [-0.25, -0.2) is 9.97 Å². The van der Waals surface area contributed by atoms with Crippen LogP contribution in [0.5, 0.6) is 0 Å². The van der Waals surface area contributed by atoms with Gasteiger partial charge >= 0.3 is 0 Å². The van der Waals surface area contributed by atoms with Crippen molar-refractivity contribution in [2.75, 3.05) is 31.1 Å². The highest BCUT2D eigenvalue weighted by molar-refractivity contribution is 5.65. The Morgan fingerprint density at radius 3 is 2.75 bits per heavy atom. The summed E-state index contributed by atoms with van der Waals surface area (Å²) >= 11 is 0. The lowest BCUT2D eigenvalue weighted by Crippen LogP contribution is -2.37. The summed E-state index contributed by atoms with van der Waals surface area (Å²) in [6.07, 6.45) is 5.71. The van der Waals surface area contributed by atoms with Crippen molar-refractivity contribution in [2.24, 2.45) is 7.05 Å². The maximum absolute atomic E-state index is 4.90. The van der Waals surface area contributed by atoms with Gasteiger partial charge in [-0.1, -0.05) is 0 Å². The van der Waals surface area contributed by atoms with E-state index in [2.05, 4.69) is 26.8 Å². The molecule has 2 saturated heterocycles. The van der Waals surface area contributed by atoms with Crippen LogP contribution in [0.15, 0.2) is 12.3 Å². The Morgan fingerprint density at radius 1 is 1.12 bits per heavy atom. The molecule has 1 atom stereocenters. The molecule has 0 unspecified atom stereocenters. The normalized spacial score (nSPS) is 21.8. The lowest BCUT2D eigenvalue weighted by Gasteiger charge is -2.25. The molecule has 2 aliphatic rings. The minimum Gasteiger partial charge on any atom is -0.339 e. The molecule has 0 radical (unpaired) electrons. The van der Waals surface area contributed by atoms with Gasteiger partial charge in [-0.3, -0.25) is 9.58 Å². The van der Waals surface area contributed by atoms with Gasteiger partial charge in [0.05, 0.1) is 11.4 Å². The maximum atomic E-state index is 4.90. The Bertz CT molecular complexity index is 737. The fourth-order valence-electron chi connectivity index (χ4n) is 4.17. The minimum atomic E-state index is 0.668. The largest absolute Gasteiger partial charge is 0.339 e. The number of anilines is 1. The van der Waals surface area contributed by atoms with Gasteiger partial charge in [0.15, 0.2) is 0 Å². The third-order valence-electron chi connectivity index (χ3n) is 5.49. The summed E-state index contributed by atoms with van der Waals surface area (Å²) in [6, 6.07) is 2.67. The van der Waals surface area contributed by atoms with E-state index in [1.165, 1.54) is 32.4 Å². The van der Waals surface area contributed by atoms with Gasteiger partial charge in [-0.15, -0.1) is 0 Å². The van der Waals surface area contributed by atoms with Crippen LogP contribution in [-0.2, 0) is 7.05 Å². The molecule has 0 saturated carbocycles. The van der Waals surface area contributed by atoms with Crippen molar-refractivity contribution in [1.82, 2.24) is 24.6 Å². The smallest absolute Gasteiger partial charge is 0.225 e. The number of nitrogens with zero attached hydrogens (tertiary/aromatic N) is 6. The number of hydrogen-bond donors (Lipinski definition) is 0. The third-order valence-corrected chi connectivity index (χ3v) is 5.49. The second-order valence-electron chi connectivity index (χ2n) is 7.04. The van der Waals surface area contributed by atoms with E-state index in [0.29, 0.717) is 6.04 Å². The van der Waals surface area contributed by atoms with Crippen LogP contribution in [0.2, 0.25) is 0 Å². The van der Waals surface area contributed by atoms with Crippen LogP contribution in [0.3, 0.4) is 0 Å². The highest BCUT2D eigenvalue weighted by Gasteiger charge is 2.29. The third kappa shape index (κ3) is 2.69. The summed E-state index contributed by atoms with van der Waals surface area (Å²) in [5, 5.41) is 4.52. The van der Waals surface area contributed by atoms with E-state index in [0.717, 1.165) is 41.7 Å². The van der Waals surface area contributed by atoms with Crippen LogP contribution in [0.4, 0.5) is 5.95 Å². The number of hydrogen-bond acceptors (Lipinski definition) is 5. The molecule has 0 bridgehead atoms. The van der Waals surface area contributed by atoms with E-state index >= 15 is 0 Å². The van der Waals surface area contributed by atoms with Gasteiger partial charge in [-0.05, 0) is 45.7 Å². The molecule has 0 spiro atoms. The summed E-state index contributed by atoms with van der Waals surface area (Å²) in [5.41, 5.74) is 4.29. The van der Waals surface area contributed by atoms with Crippen LogP contribution in [0, 0.1) is 13.8 Å². The van der Waals surface area contributed by atoms with Crippen molar-refractivity contribution < 1.29 is 0 Å². The monoisotopic (exact) mass is 326 g/mol. The van der Waals surface area contributed by atoms with E-state index < -0.39 is 0 Å². The quantitative estimate of drug-likeness (QED) is 0.846. The molecule has 0 amide bonds. The number of aromatic nitrogens is 4. The zero-order valence-corrected chi connectivity index (χ0v) is 14.9. The predicted octanol–water partition coefficient (Wildman–Crippen LogP) is 2.17. The molecule has 0 aromatic carbocycles. The van der Waals surface area contributed by atoms with Crippen LogP contribution < -0.4 is 4.90 Å². The molecule has 2 aromatic heterocycles. The van der Waals surface area contributed by atoms with Gasteiger partial charge in [-0.2, -0.15) is 5.10 Å². The molecule has 4 heterocycles. The minimum absolute atomic E-state index is 0.668. The first-order valence-electron chi connectivity index (χ1n) is 8.96. The second-order valence-corrected chi connectivity index (χ2v) is 7.04. The van der Waals surface area contributed by atoms with Crippen molar-refractivity contribution in [3.63, 3.8) is 0 Å². The zero-order chi connectivity index (χ0) is 16.7. The van der Waals surface area contributed by atoms with Crippen molar-refractivity contribution in [3.8, 4) is 11.3 Å². The van der Waals surface area contributed by atoms with Gasteiger partial charge in [0, 0.05) is 50.2 Å². The zero-order valence-electron chi connectivity index (χ0n) is 14.9. The first-order chi connectivity index (χ1) is 11.6. The Labute approximate surface area is 143 Å². The van der Waals surface area contributed by atoms with Crippen LogP contribution in [0.1, 0.15) is 30.7 Å². The van der Waals surface area contributed by atoms with E-state index in [9.17, 15) is 0 Å². The first kappa shape index (κ1) is 15.6. The van der Waals surface area contributed by atoms with E-state index in [1.54, 1.807) is 0 Å². The fourth-order valence-corrected chi connectivity index (χ4v) is 4.17. The molecule has 2 aromatic rings. The SMILES string of the molecule is Cc1nn(C)c(C)c1-c1ccnc(N2CCCN3CCC[C@@H]3C2)n1. The molecular weight excluding hydrogens is 300 g/mol. The fraction of sp³-hybridized carbons (Fsp3) is 0.611. The van der Waals surface area contributed by atoms with Crippen LogP contribution >= 0.6 is 0 Å². The van der Waals surface area contributed by atoms with E-state index in [4.69, 9.17) is 4.98 Å². The first-order valence-corrected chi connectivity index (χ1v) is 8.96. The average Bonchev–Trinajstić information content (AvgIpc) is 3.04. The lowest BCUT2D eigenvalue weighted by atomic mass is 10.1. The number of rotatable bonds is 2. The Morgan fingerprint density at radius 2 is 1.96 bits per heavy atom. The standard InChI is InChI=1S/C18H26N6/c1-13-17(14(2)22(3)21-13)16-7-8-19-18(20-16)24-11-5-10-23-9-4-6-15(23)12-24/h7-8,15H,4-6,9-12H2,1-3H3/t15-/m1/s1. The molecule has 24 heavy (non-hydrogen) atoms. The van der Waals surface area contributed by atoms with Gasteiger partial charge < -0.3 is 4.90 Å². The highest BCUT2D eigenvalue weighted by Crippen LogP contribution is 2.27. The van der Waals surface area contributed by atoms with E-state index in [1.807, 2.05) is 30.9 Å². The molecule has 0 aliphatic carbocycles. The molecule has 0 N–H and O–H groups in total. The number of aryl methyl sites for hydroxylation is 2. The maximum Gasteiger partial charge on any atom is 0.225 e. The topological polar surface area (TPSA) is 50.1 Å². The molecule has 128 valence electrons. The highest BCUT2D eigenvalue weighted by atomic mass is 15.3. The van der Waals surface area contributed by atoms with Crippen molar-refractivity contribution >= 4 is 5.95 Å². The summed E-state index contributed by atoms with van der Waals surface area (Å²) in [6.45, 7) is 8.71. The summed E-state index contributed by atoms with van der Waals surface area (Å²) in [5.74, 6) is 0.865. The summed E-state index contributed by atoms with van der Waals surface area (Å²) < 4.78 is 1.93. The summed E-state index contributed by atoms with van der Waals surface area (Å²) in [4.78, 5) is 14.5. The Hall–Kier alpha value is -1.95. The van der Waals surface area contributed by atoms with Crippen molar-refractivity contribution in [2.45, 2.75) is 39.2 Å². The Balaban J connectivity index is 1.65. The molecule has 6 nitrogen and oxygen atoms in total. The van der Waals surface area contributed by atoms with Crippen LogP contribution in [0.25, 0.3) is 11.3 Å². The lowest BCUT2D eigenvalue weighted by molar-refractivity contribution is 0.273. The molecular formula is C18H26N6. The van der Waals surface area contributed by atoms with Crippen LogP contribution in [-0.4, -0.2) is 56.9 Å². The summed E-state index contributed by atoms with van der Waals surface area (Å²) in [7, 11) is 1.98. The predicted molar refractivity (Wildman–Crippen MR) is 95.1 cm³/mol. The second kappa shape index (κ2) is 6.16. The molecule has 4 rings (SSSR count). The molecule has 6 heteroatoms. The Kier molecular flexibility index (Phi) is 4.00. The van der Waals surface area contributed by atoms with Crippen molar-refractivity contribution in [1.29, 1.82) is 0 Å². The van der Waals surface area contributed by atoms with Crippen molar-refractivity contribution in [3.05, 3.63) is 23.7 Å².